The summed E-state index contributed by atoms with van der Waals surface area (Å²) in [5, 5.41) is 8.98. The summed E-state index contributed by atoms with van der Waals surface area (Å²) in [6.07, 6.45) is 2.99. The molecule has 1 aromatic carbocycles. The fourth-order valence-corrected chi connectivity index (χ4v) is 2.61. The summed E-state index contributed by atoms with van der Waals surface area (Å²) in [6, 6.07) is 5.80. The highest BCUT2D eigenvalue weighted by Gasteiger charge is 2.21. The predicted molar refractivity (Wildman–Crippen MR) is 88.2 cm³/mol. The molecular weight excluding hydrogens is 302 g/mol. The lowest BCUT2D eigenvalue weighted by molar-refractivity contribution is -0.121. The van der Waals surface area contributed by atoms with Crippen LogP contribution in [0.15, 0.2) is 18.2 Å². The van der Waals surface area contributed by atoms with Gasteiger partial charge in [0.1, 0.15) is 0 Å². The Kier molecular flexibility index (Phi) is 5.42. The summed E-state index contributed by atoms with van der Waals surface area (Å²) < 4.78 is 0. The summed E-state index contributed by atoms with van der Waals surface area (Å²) >= 11 is 0. The Morgan fingerprint density at radius 1 is 1.41 bits per heavy atom. The maximum atomic E-state index is 11.9. The molecule has 2 amide bonds. The Balaban J connectivity index is 0.00000176. The van der Waals surface area contributed by atoms with Gasteiger partial charge in [-0.3, -0.25) is 9.59 Å². The van der Waals surface area contributed by atoms with Gasteiger partial charge in [0.05, 0.1) is 19.0 Å². The monoisotopic (exact) mass is 323 g/mol. The first-order valence-electron chi connectivity index (χ1n) is 7.54. The Labute approximate surface area is 136 Å². The summed E-state index contributed by atoms with van der Waals surface area (Å²) in [4.78, 5) is 23.2. The van der Waals surface area contributed by atoms with E-state index in [-0.39, 0.29) is 30.3 Å². The number of carbonyl (C=O) groups excluding carboxylic acids is 2. The second kappa shape index (κ2) is 7.11. The molecule has 0 saturated heterocycles. The van der Waals surface area contributed by atoms with Gasteiger partial charge in [0.15, 0.2) is 0 Å². The number of nitrogens with one attached hydrogen (secondary N) is 3. The third-order valence-electron chi connectivity index (χ3n) is 4.05. The molecule has 3 N–H and O–H groups in total. The fourth-order valence-electron chi connectivity index (χ4n) is 2.61. The Hall–Kier alpha value is -1.59. The molecule has 1 fully saturated rings. The molecular formula is C16H22ClN3O2. The van der Waals surface area contributed by atoms with Gasteiger partial charge in [-0.15, -0.1) is 12.4 Å². The lowest BCUT2D eigenvalue weighted by Crippen LogP contribution is -2.36. The van der Waals surface area contributed by atoms with E-state index in [2.05, 4.69) is 16.0 Å². The topological polar surface area (TPSA) is 70.2 Å². The van der Waals surface area contributed by atoms with Gasteiger partial charge in [-0.05, 0) is 49.4 Å². The minimum atomic E-state index is -0.0544. The van der Waals surface area contributed by atoms with Gasteiger partial charge in [0.2, 0.25) is 11.8 Å². The van der Waals surface area contributed by atoms with Crippen molar-refractivity contribution in [3.63, 3.8) is 0 Å². The number of hydrogen-bond donors (Lipinski definition) is 3. The fraction of sp³-hybridized carbons (Fsp3) is 0.500. The summed E-state index contributed by atoms with van der Waals surface area (Å²) in [5.74, 6) is 0.818. The van der Waals surface area contributed by atoms with E-state index in [0.717, 1.165) is 29.3 Å². The maximum Gasteiger partial charge on any atom is 0.234 e. The molecule has 0 radical (unpaired) electrons. The number of rotatable bonds is 6. The highest BCUT2D eigenvalue weighted by molar-refractivity contribution is 5.99. The Bertz CT molecular complexity index is 573. The van der Waals surface area contributed by atoms with Crippen molar-refractivity contribution in [1.29, 1.82) is 0 Å². The number of fused-ring (bicyclic) bond motifs is 1. The van der Waals surface area contributed by atoms with Crippen LogP contribution in [-0.2, 0) is 16.0 Å². The molecule has 1 saturated carbocycles. The standard InChI is InChI=1S/C16H21N3O2.ClH/c1-10(18-16(21)9-17-8-11-2-3-11)12-4-5-14-13(6-12)7-15(20)19-14;/h4-6,10-11,17H,2-3,7-9H2,1H3,(H,18,21)(H,19,20);1H. The van der Waals surface area contributed by atoms with E-state index in [0.29, 0.717) is 13.0 Å². The number of carbonyl (C=O) groups is 2. The van der Waals surface area contributed by atoms with Crippen LogP contribution in [0.25, 0.3) is 0 Å². The first kappa shape index (κ1) is 16.8. The molecule has 1 aliphatic heterocycles. The van der Waals surface area contributed by atoms with Crippen molar-refractivity contribution in [3.8, 4) is 0 Å². The van der Waals surface area contributed by atoms with E-state index >= 15 is 0 Å². The normalized spacial score (nSPS) is 17.2. The molecule has 120 valence electrons. The average Bonchev–Trinajstić information content (AvgIpc) is 3.17. The van der Waals surface area contributed by atoms with Crippen molar-refractivity contribution in [1.82, 2.24) is 10.6 Å². The third-order valence-corrected chi connectivity index (χ3v) is 4.05. The van der Waals surface area contributed by atoms with Gasteiger partial charge >= 0.3 is 0 Å². The number of hydrogen-bond acceptors (Lipinski definition) is 3. The zero-order chi connectivity index (χ0) is 14.8. The van der Waals surface area contributed by atoms with Gasteiger partial charge in [0, 0.05) is 5.69 Å². The zero-order valence-corrected chi connectivity index (χ0v) is 13.5. The molecule has 0 spiro atoms. The third kappa shape index (κ3) is 4.21. The minimum absolute atomic E-state index is 0. The highest BCUT2D eigenvalue weighted by atomic mass is 35.5. The average molecular weight is 324 g/mol. The van der Waals surface area contributed by atoms with E-state index in [9.17, 15) is 9.59 Å². The lowest BCUT2D eigenvalue weighted by atomic mass is 10.0. The van der Waals surface area contributed by atoms with Gasteiger partial charge in [-0.2, -0.15) is 0 Å². The van der Waals surface area contributed by atoms with Crippen LogP contribution in [-0.4, -0.2) is 24.9 Å². The molecule has 0 aromatic heterocycles. The molecule has 3 rings (SSSR count). The quantitative estimate of drug-likeness (QED) is 0.747. The lowest BCUT2D eigenvalue weighted by Gasteiger charge is -2.15. The van der Waals surface area contributed by atoms with Crippen LogP contribution in [0.4, 0.5) is 5.69 Å². The Morgan fingerprint density at radius 2 is 2.18 bits per heavy atom. The molecule has 1 atom stereocenters. The Morgan fingerprint density at radius 3 is 2.91 bits per heavy atom. The van der Waals surface area contributed by atoms with Crippen molar-refractivity contribution in [2.45, 2.75) is 32.2 Å². The molecule has 1 heterocycles. The van der Waals surface area contributed by atoms with Crippen LogP contribution >= 0.6 is 12.4 Å². The molecule has 1 aliphatic carbocycles. The molecule has 5 nitrogen and oxygen atoms in total. The largest absolute Gasteiger partial charge is 0.348 e. The van der Waals surface area contributed by atoms with Gasteiger partial charge in [-0.25, -0.2) is 0 Å². The first-order valence-corrected chi connectivity index (χ1v) is 7.54. The molecule has 6 heteroatoms. The van der Waals surface area contributed by atoms with E-state index in [4.69, 9.17) is 0 Å². The number of amides is 2. The van der Waals surface area contributed by atoms with E-state index in [1.54, 1.807) is 0 Å². The van der Waals surface area contributed by atoms with Crippen LogP contribution in [0.3, 0.4) is 0 Å². The number of benzene rings is 1. The highest BCUT2D eigenvalue weighted by Crippen LogP contribution is 2.27. The second-order valence-corrected chi connectivity index (χ2v) is 6.01. The molecule has 1 aromatic rings. The van der Waals surface area contributed by atoms with Gasteiger partial charge in [0.25, 0.3) is 0 Å². The number of anilines is 1. The second-order valence-electron chi connectivity index (χ2n) is 6.01. The summed E-state index contributed by atoms with van der Waals surface area (Å²) in [5.41, 5.74) is 2.92. The minimum Gasteiger partial charge on any atom is -0.348 e. The summed E-state index contributed by atoms with van der Waals surface area (Å²) in [6.45, 7) is 3.27. The van der Waals surface area contributed by atoms with Crippen LogP contribution in [0.1, 0.15) is 36.9 Å². The van der Waals surface area contributed by atoms with Crippen LogP contribution < -0.4 is 16.0 Å². The van der Waals surface area contributed by atoms with Crippen molar-refractivity contribution in [2.75, 3.05) is 18.4 Å². The van der Waals surface area contributed by atoms with Crippen LogP contribution in [0, 0.1) is 5.92 Å². The van der Waals surface area contributed by atoms with E-state index in [1.807, 2.05) is 25.1 Å². The maximum absolute atomic E-state index is 11.9. The molecule has 22 heavy (non-hydrogen) atoms. The van der Waals surface area contributed by atoms with Crippen molar-refractivity contribution in [3.05, 3.63) is 29.3 Å². The predicted octanol–water partition coefficient (Wildman–Crippen LogP) is 1.78. The van der Waals surface area contributed by atoms with E-state index < -0.39 is 0 Å². The van der Waals surface area contributed by atoms with E-state index in [1.165, 1.54) is 12.8 Å². The van der Waals surface area contributed by atoms with Crippen molar-refractivity contribution < 1.29 is 9.59 Å². The van der Waals surface area contributed by atoms with Crippen molar-refractivity contribution in [2.24, 2.45) is 5.92 Å². The van der Waals surface area contributed by atoms with Crippen LogP contribution in [0.2, 0.25) is 0 Å². The SMILES string of the molecule is CC(NC(=O)CNCC1CC1)c1ccc2c(c1)CC(=O)N2.Cl. The van der Waals surface area contributed by atoms with Gasteiger partial charge in [-0.1, -0.05) is 12.1 Å². The van der Waals surface area contributed by atoms with Crippen molar-refractivity contribution >= 4 is 29.9 Å². The molecule has 2 aliphatic rings. The molecule has 1 unspecified atom stereocenters. The first-order chi connectivity index (χ1) is 10.1. The smallest absolute Gasteiger partial charge is 0.234 e. The number of halogens is 1. The van der Waals surface area contributed by atoms with Gasteiger partial charge < -0.3 is 16.0 Å². The summed E-state index contributed by atoms with van der Waals surface area (Å²) in [7, 11) is 0. The van der Waals surface area contributed by atoms with Crippen LogP contribution in [0.5, 0.6) is 0 Å². The molecule has 0 bridgehead atoms. The zero-order valence-electron chi connectivity index (χ0n) is 12.6.